The van der Waals surface area contributed by atoms with Gasteiger partial charge < -0.3 is 10.0 Å². The molecule has 1 aromatic heterocycles. The zero-order valence-corrected chi connectivity index (χ0v) is 13.8. The lowest BCUT2D eigenvalue weighted by atomic mass is 9.91. The van der Waals surface area contributed by atoms with Crippen molar-refractivity contribution in [1.82, 2.24) is 4.90 Å². The number of hydrogen-bond donors (Lipinski definition) is 1. The van der Waals surface area contributed by atoms with Crippen molar-refractivity contribution in [2.24, 2.45) is 5.92 Å². The Balaban J connectivity index is 1.96. The molecule has 2 atom stereocenters. The summed E-state index contributed by atoms with van der Waals surface area (Å²) in [5, 5.41) is 11.0. The van der Waals surface area contributed by atoms with Crippen LogP contribution < -0.4 is 0 Å². The number of fused-ring (bicyclic) bond motifs is 1. The van der Waals surface area contributed by atoms with E-state index in [1.807, 2.05) is 35.2 Å². The van der Waals surface area contributed by atoms with Crippen LogP contribution >= 0.6 is 11.3 Å². The quantitative estimate of drug-likeness (QED) is 0.936. The summed E-state index contributed by atoms with van der Waals surface area (Å²) in [5.74, 6) is -1.53. The van der Waals surface area contributed by atoms with Crippen molar-refractivity contribution in [3.05, 3.63) is 57.8 Å². The molecule has 0 fully saturated rings. The molecule has 0 saturated heterocycles. The Morgan fingerprint density at radius 1 is 1.30 bits per heavy atom. The van der Waals surface area contributed by atoms with E-state index in [0.717, 1.165) is 12.0 Å². The van der Waals surface area contributed by atoms with Crippen LogP contribution in [0.3, 0.4) is 0 Å². The molecule has 1 aliphatic heterocycles. The monoisotopic (exact) mass is 329 g/mol. The molecule has 1 amide bonds. The lowest BCUT2D eigenvalue weighted by Crippen LogP contribution is -2.43. The maximum atomic E-state index is 12.8. The Hall–Kier alpha value is -2.14. The number of carboxylic acid groups (broad SMARTS) is 1. The molecule has 2 heterocycles. The number of benzene rings is 1. The third kappa shape index (κ3) is 3.15. The molecule has 0 spiro atoms. The fourth-order valence-corrected chi connectivity index (χ4v) is 4.08. The summed E-state index contributed by atoms with van der Waals surface area (Å²) in [4.78, 5) is 26.9. The number of carboxylic acids is 1. The van der Waals surface area contributed by atoms with Gasteiger partial charge in [0, 0.05) is 17.3 Å². The van der Waals surface area contributed by atoms with Crippen molar-refractivity contribution in [3.63, 3.8) is 0 Å². The third-order valence-electron chi connectivity index (χ3n) is 4.27. The van der Waals surface area contributed by atoms with Crippen LogP contribution in [-0.2, 0) is 16.0 Å². The van der Waals surface area contributed by atoms with Gasteiger partial charge >= 0.3 is 5.97 Å². The maximum absolute atomic E-state index is 12.8. The normalized spacial score (nSPS) is 18.3. The van der Waals surface area contributed by atoms with Crippen molar-refractivity contribution in [2.75, 3.05) is 6.54 Å². The predicted octanol–water partition coefficient (Wildman–Crippen LogP) is 3.33. The van der Waals surface area contributed by atoms with Crippen molar-refractivity contribution in [1.29, 1.82) is 0 Å². The number of amides is 1. The highest BCUT2D eigenvalue weighted by Gasteiger charge is 2.34. The minimum Gasteiger partial charge on any atom is -0.481 e. The van der Waals surface area contributed by atoms with Crippen LogP contribution in [0.1, 0.15) is 35.4 Å². The van der Waals surface area contributed by atoms with E-state index < -0.39 is 11.9 Å². The van der Waals surface area contributed by atoms with Gasteiger partial charge in [-0.3, -0.25) is 9.59 Å². The predicted molar refractivity (Wildman–Crippen MR) is 89.4 cm³/mol. The molecule has 4 nitrogen and oxygen atoms in total. The minimum atomic E-state index is -0.935. The molecule has 0 saturated carbocycles. The second kappa shape index (κ2) is 6.54. The first-order valence-corrected chi connectivity index (χ1v) is 8.59. The third-order valence-corrected chi connectivity index (χ3v) is 5.26. The largest absolute Gasteiger partial charge is 0.481 e. The molecule has 120 valence electrons. The number of hydrogen-bond acceptors (Lipinski definition) is 3. The van der Waals surface area contributed by atoms with Crippen molar-refractivity contribution >= 4 is 23.2 Å². The van der Waals surface area contributed by atoms with Crippen LogP contribution in [-0.4, -0.2) is 28.4 Å². The first kappa shape index (κ1) is 15.7. The molecule has 0 radical (unpaired) electrons. The summed E-state index contributed by atoms with van der Waals surface area (Å²) in [6.07, 6.45) is 0.704. The van der Waals surface area contributed by atoms with Crippen LogP contribution in [0.4, 0.5) is 0 Å². The zero-order chi connectivity index (χ0) is 16.4. The highest BCUT2D eigenvalue weighted by Crippen LogP contribution is 2.38. The van der Waals surface area contributed by atoms with Gasteiger partial charge in [-0.25, -0.2) is 0 Å². The number of carbonyl (C=O) groups is 2. The first-order valence-electron chi connectivity index (χ1n) is 7.71. The average molecular weight is 329 g/mol. The number of carbonyl (C=O) groups excluding carboxylic acids is 1. The summed E-state index contributed by atoms with van der Waals surface area (Å²) in [7, 11) is 0. The summed E-state index contributed by atoms with van der Waals surface area (Å²) in [6, 6.07) is 11.9. The van der Waals surface area contributed by atoms with Gasteiger partial charge in [0.05, 0.1) is 12.5 Å². The van der Waals surface area contributed by atoms with E-state index in [9.17, 15) is 9.59 Å². The number of rotatable bonds is 4. The Bertz CT molecular complexity index is 710. The van der Waals surface area contributed by atoms with Gasteiger partial charge in [-0.2, -0.15) is 0 Å². The molecule has 1 N–H and O–H groups in total. The summed E-state index contributed by atoms with van der Waals surface area (Å²) in [6.45, 7) is 2.33. The van der Waals surface area contributed by atoms with Crippen LogP contribution in [0.15, 0.2) is 41.8 Å². The molecule has 1 aromatic carbocycles. The van der Waals surface area contributed by atoms with E-state index >= 15 is 0 Å². The lowest BCUT2D eigenvalue weighted by molar-refractivity contribution is -0.145. The molecule has 0 aliphatic carbocycles. The minimum absolute atomic E-state index is 0.0851. The van der Waals surface area contributed by atoms with Crippen LogP contribution in [0.25, 0.3) is 0 Å². The van der Waals surface area contributed by atoms with Crippen molar-refractivity contribution < 1.29 is 14.7 Å². The van der Waals surface area contributed by atoms with Gasteiger partial charge in [0.15, 0.2) is 0 Å². The van der Waals surface area contributed by atoms with Gasteiger partial charge in [0.25, 0.3) is 0 Å². The Kier molecular flexibility index (Phi) is 4.48. The van der Waals surface area contributed by atoms with E-state index in [1.54, 1.807) is 18.3 Å². The fraction of sp³-hybridized carbons (Fsp3) is 0.333. The van der Waals surface area contributed by atoms with Crippen LogP contribution in [0.2, 0.25) is 0 Å². The SMILES string of the molecule is C[C@H](CC(=O)O)C(=O)N1CCc2sccc2C1c1ccccc1. The average Bonchev–Trinajstić information content (AvgIpc) is 3.02. The van der Waals surface area contributed by atoms with Gasteiger partial charge in [0.1, 0.15) is 0 Å². The van der Waals surface area contributed by atoms with Crippen LogP contribution in [0.5, 0.6) is 0 Å². The molecule has 2 aromatic rings. The summed E-state index contributed by atoms with van der Waals surface area (Å²) < 4.78 is 0. The van der Waals surface area contributed by atoms with Gasteiger partial charge in [-0.15, -0.1) is 11.3 Å². The number of nitrogens with zero attached hydrogens (tertiary/aromatic N) is 1. The van der Waals surface area contributed by atoms with E-state index in [1.165, 1.54) is 10.4 Å². The van der Waals surface area contributed by atoms with E-state index in [-0.39, 0.29) is 18.4 Å². The first-order chi connectivity index (χ1) is 11.1. The highest BCUT2D eigenvalue weighted by molar-refractivity contribution is 7.10. The van der Waals surface area contributed by atoms with Crippen LogP contribution in [0, 0.1) is 5.92 Å². The summed E-state index contributed by atoms with van der Waals surface area (Å²) in [5.41, 5.74) is 2.24. The summed E-state index contributed by atoms with van der Waals surface area (Å²) >= 11 is 1.72. The van der Waals surface area contributed by atoms with E-state index in [4.69, 9.17) is 5.11 Å². The molecule has 1 unspecified atom stereocenters. The Labute approximate surface area is 139 Å². The van der Waals surface area contributed by atoms with Crippen molar-refractivity contribution in [3.8, 4) is 0 Å². The Morgan fingerprint density at radius 2 is 2.04 bits per heavy atom. The zero-order valence-electron chi connectivity index (χ0n) is 12.9. The highest BCUT2D eigenvalue weighted by atomic mass is 32.1. The molecule has 3 rings (SSSR count). The molecule has 0 bridgehead atoms. The second-order valence-electron chi connectivity index (χ2n) is 5.89. The molecule has 23 heavy (non-hydrogen) atoms. The van der Waals surface area contributed by atoms with E-state index in [2.05, 4.69) is 11.4 Å². The molecular formula is C18H19NO3S. The van der Waals surface area contributed by atoms with E-state index in [0.29, 0.717) is 6.54 Å². The Morgan fingerprint density at radius 3 is 2.74 bits per heavy atom. The van der Waals surface area contributed by atoms with Gasteiger partial charge in [-0.05, 0) is 29.0 Å². The van der Waals surface area contributed by atoms with Crippen molar-refractivity contribution in [2.45, 2.75) is 25.8 Å². The number of thiophene rings is 1. The second-order valence-corrected chi connectivity index (χ2v) is 6.89. The van der Waals surface area contributed by atoms with Gasteiger partial charge in [-0.1, -0.05) is 37.3 Å². The molecule has 1 aliphatic rings. The topological polar surface area (TPSA) is 57.6 Å². The smallest absolute Gasteiger partial charge is 0.304 e. The molecule has 5 heteroatoms. The molecular weight excluding hydrogens is 310 g/mol. The lowest BCUT2D eigenvalue weighted by Gasteiger charge is -2.37. The maximum Gasteiger partial charge on any atom is 0.304 e. The van der Waals surface area contributed by atoms with Gasteiger partial charge in [0.2, 0.25) is 5.91 Å². The standard InChI is InChI=1S/C18H19NO3S/c1-12(11-16(20)21)18(22)19-9-7-15-14(8-10-23-15)17(19)13-5-3-2-4-6-13/h2-6,8,10,12,17H,7,9,11H2,1H3,(H,20,21)/t12-,17?/m1/s1. The number of aliphatic carboxylic acids is 1. The fourth-order valence-electron chi connectivity index (χ4n) is 3.18.